The number of thioether (sulfide) groups is 1. The number of rotatable bonds is 4. The zero-order chi connectivity index (χ0) is 23.1. The summed E-state index contributed by atoms with van der Waals surface area (Å²) in [5.41, 5.74) is 5.50. The number of aromatic nitrogens is 2. The summed E-state index contributed by atoms with van der Waals surface area (Å²) in [6.45, 7) is 0. The fraction of sp³-hybridized carbons (Fsp3) is 0.0741. The molecule has 1 amide bonds. The standard InChI is InChI=1S/C27H19ClN4OS/c28-20-13-11-19(12-14-20)26-22(16-31(30-26)21-9-5-2-6-10-21)24-15-23(18-7-3-1-4-8-18)29-27-32(24)25(33)17-34-27/h1-16,24H,17H2/t24-/m1/s1. The number of halogens is 1. The lowest BCUT2D eigenvalue weighted by Crippen LogP contribution is -2.35. The first-order valence-electron chi connectivity index (χ1n) is 10.9. The number of benzene rings is 3. The van der Waals surface area contributed by atoms with Crippen LogP contribution in [0.5, 0.6) is 0 Å². The monoisotopic (exact) mass is 482 g/mol. The van der Waals surface area contributed by atoms with E-state index in [1.807, 2.05) is 95.8 Å². The summed E-state index contributed by atoms with van der Waals surface area (Å²) in [5, 5.41) is 6.34. The van der Waals surface area contributed by atoms with Crippen molar-refractivity contribution in [2.45, 2.75) is 6.04 Å². The molecule has 3 heterocycles. The summed E-state index contributed by atoms with van der Waals surface area (Å²) < 4.78 is 1.87. The number of nitrogens with zero attached hydrogens (tertiary/aromatic N) is 4. The van der Waals surface area contributed by atoms with Gasteiger partial charge < -0.3 is 0 Å². The molecule has 2 aliphatic rings. The molecule has 0 bridgehead atoms. The maximum Gasteiger partial charge on any atom is 0.239 e. The predicted molar refractivity (Wildman–Crippen MR) is 138 cm³/mol. The Labute approximate surface area is 206 Å². The predicted octanol–water partition coefficient (Wildman–Crippen LogP) is 6.22. The molecule has 34 heavy (non-hydrogen) atoms. The molecule has 2 aliphatic heterocycles. The van der Waals surface area contributed by atoms with Crippen molar-refractivity contribution in [3.63, 3.8) is 0 Å². The van der Waals surface area contributed by atoms with Crippen LogP contribution in [0, 0.1) is 0 Å². The largest absolute Gasteiger partial charge is 0.279 e. The molecular weight excluding hydrogens is 464 g/mol. The van der Waals surface area contributed by atoms with Gasteiger partial charge in [0.2, 0.25) is 5.91 Å². The number of carbonyl (C=O) groups is 1. The molecule has 4 aromatic rings. The Kier molecular flexibility index (Phi) is 5.32. The van der Waals surface area contributed by atoms with Gasteiger partial charge in [0.1, 0.15) is 0 Å². The quantitative estimate of drug-likeness (QED) is 0.347. The zero-order valence-corrected chi connectivity index (χ0v) is 19.6. The second kappa shape index (κ2) is 8.63. The van der Waals surface area contributed by atoms with Crippen LogP contribution in [0.15, 0.2) is 102 Å². The highest BCUT2D eigenvalue weighted by molar-refractivity contribution is 8.15. The Morgan fingerprint density at radius 3 is 2.32 bits per heavy atom. The zero-order valence-electron chi connectivity index (χ0n) is 18.0. The molecule has 166 valence electrons. The second-order valence-electron chi connectivity index (χ2n) is 8.03. The van der Waals surface area contributed by atoms with Crippen molar-refractivity contribution in [2.75, 3.05) is 5.75 Å². The lowest BCUT2D eigenvalue weighted by molar-refractivity contribution is -0.125. The number of amides is 1. The molecule has 0 unspecified atom stereocenters. The topological polar surface area (TPSA) is 50.5 Å². The summed E-state index contributed by atoms with van der Waals surface area (Å²) in [5.74, 6) is 0.431. The molecular formula is C27H19ClN4OS. The molecule has 1 atom stereocenters. The van der Waals surface area contributed by atoms with Gasteiger partial charge in [-0.2, -0.15) is 5.10 Å². The highest BCUT2D eigenvalue weighted by atomic mass is 35.5. The molecule has 7 heteroatoms. The molecule has 3 aromatic carbocycles. The van der Waals surface area contributed by atoms with Gasteiger partial charge >= 0.3 is 0 Å². The van der Waals surface area contributed by atoms with Gasteiger partial charge in [-0.15, -0.1) is 0 Å². The summed E-state index contributed by atoms with van der Waals surface area (Å²) in [6.07, 6.45) is 4.08. The number of para-hydroxylation sites is 1. The normalized spacial score (nSPS) is 17.4. The first kappa shape index (κ1) is 21.0. The van der Waals surface area contributed by atoms with Crippen molar-refractivity contribution in [2.24, 2.45) is 4.99 Å². The van der Waals surface area contributed by atoms with E-state index in [1.54, 1.807) is 4.90 Å². The maximum atomic E-state index is 13.0. The first-order chi connectivity index (χ1) is 16.7. The van der Waals surface area contributed by atoms with E-state index in [0.29, 0.717) is 10.8 Å². The van der Waals surface area contributed by atoms with E-state index in [2.05, 4.69) is 6.08 Å². The Balaban J connectivity index is 1.55. The fourth-order valence-electron chi connectivity index (χ4n) is 4.24. The highest BCUT2D eigenvalue weighted by Gasteiger charge is 2.39. The van der Waals surface area contributed by atoms with Gasteiger partial charge in [-0.05, 0) is 35.9 Å². The third-order valence-corrected chi connectivity index (χ3v) is 7.07. The molecule has 1 saturated heterocycles. The molecule has 0 aliphatic carbocycles. The van der Waals surface area contributed by atoms with Crippen molar-refractivity contribution in [3.8, 4) is 16.9 Å². The summed E-state index contributed by atoms with van der Waals surface area (Å²) >= 11 is 7.64. The van der Waals surface area contributed by atoms with E-state index in [-0.39, 0.29) is 11.9 Å². The second-order valence-corrected chi connectivity index (χ2v) is 9.41. The van der Waals surface area contributed by atoms with Gasteiger partial charge in [0.15, 0.2) is 5.17 Å². The average Bonchev–Trinajstić information content (AvgIpc) is 3.49. The van der Waals surface area contributed by atoms with E-state index < -0.39 is 0 Å². The van der Waals surface area contributed by atoms with Crippen LogP contribution in [0.3, 0.4) is 0 Å². The molecule has 6 rings (SSSR count). The molecule has 0 spiro atoms. The summed E-state index contributed by atoms with van der Waals surface area (Å²) in [4.78, 5) is 19.6. The van der Waals surface area contributed by atoms with Crippen LogP contribution < -0.4 is 0 Å². The van der Waals surface area contributed by atoms with Crippen LogP contribution in [0.2, 0.25) is 5.02 Å². The lowest BCUT2D eigenvalue weighted by atomic mass is 9.98. The van der Waals surface area contributed by atoms with Gasteiger partial charge in [-0.25, -0.2) is 9.67 Å². The van der Waals surface area contributed by atoms with Crippen LogP contribution in [-0.2, 0) is 4.79 Å². The Hall–Kier alpha value is -3.61. The van der Waals surface area contributed by atoms with Crippen LogP contribution in [0.25, 0.3) is 22.6 Å². The smallest absolute Gasteiger partial charge is 0.239 e. The van der Waals surface area contributed by atoms with E-state index in [0.717, 1.165) is 38.9 Å². The van der Waals surface area contributed by atoms with Gasteiger partial charge in [0.05, 0.1) is 28.9 Å². The SMILES string of the molecule is O=C1CSC2=NC(c3ccccc3)=C[C@H](c3cn(-c4ccccc4)nc3-c3ccc(Cl)cc3)N12. The molecule has 0 N–H and O–H groups in total. The number of amidine groups is 1. The number of carbonyl (C=O) groups excluding carboxylic acids is 1. The third kappa shape index (κ3) is 3.75. The van der Waals surface area contributed by atoms with E-state index in [4.69, 9.17) is 21.7 Å². The minimum absolute atomic E-state index is 0.0478. The Bertz CT molecular complexity index is 1430. The molecule has 5 nitrogen and oxygen atoms in total. The van der Waals surface area contributed by atoms with Gasteiger partial charge in [0.25, 0.3) is 0 Å². The minimum atomic E-state index is -0.326. The molecule has 0 radical (unpaired) electrons. The van der Waals surface area contributed by atoms with Gasteiger partial charge in [-0.3, -0.25) is 9.69 Å². The fourth-order valence-corrected chi connectivity index (χ4v) is 5.28. The molecule has 1 aromatic heterocycles. The van der Waals surface area contributed by atoms with Gasteiger partial charge in [0, 0.05) is 22.3 Å². The van der Waals surface area contributed by atoms with Crippen molar-refractivity contribution < 1.29 is 4.79 Å². The van der Waals surface area contributed by atoms with Crippen molar-refractivity contribution >= 4 is 40.1 Å². The molecule has 1 fully saturated rings. The third-order valence-electron chi connectivity index (χ3n) is 5.88. The number of hydrogen-bond donors (Lipinski definition) is 0. The van der Waals surface area contributed by atoms with Crippen LogP contribution in [0.4, 0.5) is 0 Å². The van der Waals surface area contributed by atoms with Crippen LogP contribution in [0.1, 0.15) is 17.2 Å². The average molecular weight is 483 g/mol. The minimum Gasteiger partial charge on any atom is -0.279 e. The van der Waals surface area contributed by atoms with Crippen molar-refractivity contribution in [1.82, 2.24) is 14.7 Å². The van der Waals surface area contributed by atoms with Crippen LogP contribution in [-0.4, -0.2) is 31.5 Å². The van der Waals surface area contributed by atoms with Gasteiger partial charge in [-0.1, -0.05) is 84.0 Å². The number of aliphatic imine (C=N–C) groups is 1. The Morgan fingerprint density at radius 1 is 0.882 bits per heavy atom. The lowest BCUT2D eigenvalue weighted by Gasteiger charge is -2.29. The van der Waals surface area contributed by atoms with Crippen molar-refractivity contribution in [1.29, 1.82) is 0 Å². The van der Waals surface area contributed by atoms with E-state index in [9.17, 15) is 4.79 Å². The number of fused-ring (bicyclic) bond motifs is 1. The van der Waals surface area contributed by atoms with Crippen LogP contribution >= 0.6 is 23.4 Å². The first-order valence-corrected chi connectivity index (χ1v) is 12.3. The van der Waals surface area contributed by atoms with E-state index in [1.165, 1.54) is 11.8 Å². The summed E-state index contributed by atoms with van der Waals surface area (Å²) in [7, 11) is 0. The summed E-state index contributed by atoms with van der Waals surface area (Å²) in [6, 6.07) is 27.3. The Morgan fingerprint density at radius 2 is 1.59 bits per heavy atom. The van der Waals surface area contributed by atoms with Crippen molar-refractivity contribution in [3.05, 3.63) is 113 Å². The van der Waals surface area contributed by atoms with E-state index >= 15 is 0 Å². The molecule has 0 saturated carbocycles. The highest BCUT2D eigenvalue weighted by Crippen LogP contribution is 2.41. The number of hydrogen-bond acceptors (Lipinski definition) is 4. The maximum absolute atomic E-state index is 13.0.